The van der Waals surface area contributed by atoms with Crippen molar-refractivity contribution in [1.29, 1.82) is 0 Å². The first-order valence-corrected chi connectivity index (χ1v) is 8.36. The molecule has 1 heterocycles. The minimum absolute atomic E-state index is 0.105. The second kappa shape index (κ2) is 8.74. The average Bonchev–Trinajstić information content (AvgIpc) is 2.42. The number of methoxy groups -OCH3 is 1. The normalized spacial score (nSPS) is 24.0. The van der Waals surface area contributed by atoms with E-state index in [-0.39, 0.29) is 5.97 Å². The highest BCUT2D eigenvalue weighted by molar-refractivity contribution is 5.69. The van der Waals surface area contributed by atoms with Crippen LogP contribution in [0.15, 0.2) is 0 Å². The molecule has 4 nitrogen and oxygen atoms in total. The van der Waals surface area contributed by atoms with Crippen molar-refractivity contribution in [2.75, 3.05) is 33.3 Å². The Kier molecular flexibility index (Phi) is 7.67. The summed E-state index contributed by atoms with van der Waals surface area (Å²) in [5, 5.41) is 3.72. The number of carbonyl (C=O) groups excluding carboxylic acids is 1. The number of hydrogen-bond acceptors (Lipinski definition) is 4. The van der Waals surface area contributed by atoms with E-state index in [1.54, 1.807) is 0 Å². The first-order valence-electron chi connectivity index (χ1n) is 8.36. The van der Waals surface area contributed by atoms with Crippen LogP contribution in [-0.2, 0) is 9.53 Å². The number of nitrogens with one attached hydrogen (secondary N) is 1. The molecule has 1 fully saturated rings. The van der Waals surface area contributed by atoms with E-state index in [1.165, 1.54) is 26.4 Å². The van der Waals surface area contributed by atoms with Crippen molar-refractivity contribution in [3.63, 3.8) is 0 Å². The van der Waals surface area contributed by atoms with E-state index in [1.807, 2.05) is 0 Å². The summed E-state index contributed by atoms with van der Waals surface area (Å²) in [5.74, 6) is 0.644. The topological polar surface area (TPSA) is 41.6 Å². The lowest BCUT2D eigenvalue weighted by atomic mass is 9.89. The predicted octanol–water partition coefficient (Wildman–Crippen LogP) is 2.68. The SMILES string of the molecule is CCCC1CC(NCC(C)(C)C)CN(CCC(=O)OC)C1. The summed E-state index contributed by atoms with van der Waals surface area (Å²) in [5.41, 5.74) is 0.314. The first kappa shape index (κ1) is 18.4. The molecule has 1 saturated heterocycles. The van der Waals surface area contributed by atoms with Gasteiger partial charge in [0.25, 0.3) is 0 Å². The molecular weight excluding hydrogens is 264 g/mol. The van der Waals surface area contributed by atoms with Gasteiger partial charge in [-0.05, 0) is 24.2 Å². The highest BCUT2D eigenvalue weighted by atomic mass is 16.5. The largest absolute Gasteiger partial charge is 0.469 e. The summed E-state index contributed by atoms with van der Waals surface area (Å²) in [6.45, 7) is 13.1. The standard InChI is InChI=1S/C17H34N2O2/c1-6-7-14-10-15(18-13-17(2,3)4)12-19(11-14)9-8-16(20)21-5/h14-15,18H,6-13H2,1-5H3. The quantitative estimate of drug-likeness (QED) is 0.734. The van der Waals surface area contributed by atoms with Gasteiger partial charge in [0.15, 0.2) is 0 Å². The Morgan fingerprint density at radius 1 is 1.33 bits per heavy atom. The zero-order chi connectivity index (χ0) is 15.9. The van der Waals surface area contributed by atoms with Gasteiger partial charge in [-0.25, -0.2) is 0 Å². The molecule has 0 aromatic heterocycles. The van der Waals surface area contributed by atoms with Gasteiger partial charge in [-0.3, -0.25) is 4.79 Å². The van der Waals surface area contributed by atoms with Crippen LogP contribution in [0.25, 0.3) is 0 Å². The van der Waals surface area contributed by atoms with Gasteiger partial charge < -0.3 is 15.0 Å². The zero-order valence-corrected chi connectivity index (χ0v) is 14.6. The van der Waals surface area contributed by atoms with Crippen molar-refractivity contribution in [3.8, 4) is 0 Å². The minimum atomic E-state index is -0.105. The van der Waals surface area contributed by atoms with E-state index < -0.39 is 0 Å². The molecule has 0 bridgehead atoms. The van der Waals surface area contributed by atoms with Crippen molar-refractivity contribution >= 4 is 5.97 Å². The molecule has 124 valence electrons. The average molecular weight is 298 g/mol. The Bertz CT molecular complexity index is 312. The first-order chi connectivity index (χ1) is 9.84. The number of piperidine rings is 1. The van der Waals surface area contributed by atoms with E-state index in [4.69, 9.17) is 4.74 Å². The van der Waals surface area contributed by atoms with E-state index >= 15 is 0 Å². The number of nitrogens with zero attached hydrogens (tertiary/aromatic N) is 1. The lowest BCUT2D eigenvalue weighted by molar-refractivity contribution is -0.141. The molecular formula is C17H34N2O2. The van der Waals surface area contributed by atoms with Crippen LogP contribution < -0.4 is 5.32 Å². The summed E-state index contributed by atoms with van der Waals surface area (Å²) in [6, 6.07) is 0.548. The number of rotatable bonds is 7. The molecule has 0 aromatic rings. The molecule has 1 rings (SSSR count). The summed E-state index contributed by atoms with van der Waals surface area (Å²) in [7, 11) is 1.46. The van der Waals surface area contributed by atoms with Gasteiger partial charge >= 0.3 is 5.97 Å². The smallest absolute Gasteiger partial charge is 0.306 e. The molecule has 0 aromatic carbocycles. The maximum atomic E-state index is 11.3. The minimum Gasteiger partial charge on any atom is -0.469 e. The molecule has 1 aliphatic heterocycles. The number of ether oxygens (including phenoxy) is 1. The lowest BCUT2D eigenvalue weighted by Crippen LogP contribution is -2.51. The molecule has 4 heteroatoms. The van der Waals surface area contributed by atoms with Crippen molar-refractivity contribution in [3.05, 3.63) is 0 Å². The highest BCUT2D eigenvalue weighted by Gasteiger charge is 2.27. The molecule has 0 spiro atoms. The third-order valence-electron chi connectivity index (χ3n) is 4.09. The maximum Gasteiger partial charge on any atom is 0.306 e. The van der Waals surface area contributed by atoms with Crippen molar-refractivity contribution in [1.82, 2.24) is 10.2 Å². The van der Waals surface area contributed by atoms with Crippen LogP contribution in [0.3, 0.4) is 0 Å². The second-order valence-corrected chi connectivity index (χ2v) is 7.61. The van der Waals surface area contributed by atoms with E-state index in [0.29, 0.717) is 17.9 Å². The van der Waals surface area contributed by atoms with Gasteiger partial charge in [-0.1, -0.05) is 34.1 Å². The number of likely N-dealkylation sites (tertiary alicyclic amines) is 1. The van der Waals surface area contributed by atoms with E-state index in [2.05, 4.69) is 37.9 Å². The Labute approximate surface area is 130 Å². The molecule has 2 unspecified atom stereocenters. The van der Waals surface area contributed by atoms with Crippen LogP contribution in [-0.4, -0.2) is 50.2 Å². The van der Waals surface area contributed by atoms with Gasteiger partial charge in [0.05, 0.1) is 13.5 Å². The van der Waals surface area contributed by atoms with Gasteiger partial charge in [0.2, 0.25) is 0 Å². The molecule has 21 heavy (non-hydrogen) atoms. The van der Waals surface area contributed by atoms with Crippen LogP contribution >= 0.6 is 0 Å². The van der Waals surface area contributed by atoms with Gasteiger partial charge in [0, 0.05) is 32.2 Å². The van der Waals surface area contributed by atoms with E-state index in [9.17, 15) is 4.79 Å². The monoisotopic (exact) mass is 298 g/mol. The fraction of sp³-hybridized carbons (Fsp3) is 0.941. The number of hydrogen-bond donors (Lipinski definition) is 1. The lowest BCUT2D eigenvalue weighted by Gasteiger charge is -2.39. The van der Waals surface area contributed by atoms with Crippen LogP contribution in [0.4, 0.5) is 0 Å². The van der Waals surface area contributed by atoms with E-state index in [0.717, 1.165) is 32.1 Å². The molecule has 0 radical (unpaired) electrons. The third-order valence-corrected chi connectivity index (χ3v) is 4.09. The molecule has 1 N–H and O–H groups in total. The second-order valence-electron chi connectivity index (χ2n) is 7.61. The van der Waals surface area contributed by atoms with Gasteiger partial charge in [0.1, 0.15) is 0 Å². The number of esters is 1. The van der Waals surface area contributed by atoms with Gasteiger partial charge in [-0.15, -0.1) is 0 Å². The van der Waals surface area contributed by atoms with Crippen molar-refractivity contribution in [2.45, 2.75) is 59.4 Å². The number of carbonyl (C=O) groups is 1. The molecule has 0 saturated carbocycles. The zero-order valence-electron chi connectivity index (χ0n) is 14.6. The Morgan fingerprint density at radius 2 is 2.05 bits per heavy atom. The van der Waals surface area contributed by atoms with Crippen molar-refractivity contribution < 1.29 is 9.53 Å². The molecule has 0 amide bonds. The van der Waals surface area contributed by atoms with Crippen LogP contribution in [0.5, 0.6) is 0 Å². The maximum absolute atomic E-state index is 11.3. The molecule has 1 aliphatic rings. The fourth-order valence-corrected chi connectivity index (χ4v) is 3.05. The van der Waals surface area contributed by atoms with Crippen LogP contribution in [0.1, 0.15) is 53.4 Å². The third kappa shape index (κ3) is 7.82. The Morgan fingerprint density at radius 3 is 2.62 bits per heavy atom. The molecule has 0 aliphatic carbocycles. The summed E-state index contributed by atoms with van der Waals surface area (Å²) in [6.07, 6.45) is 4.28. The fourth-order valence-electron chi connectivity index (χ4n) is 3.05. The summed E-state index contributed by atoms with van der Waals surface area (Å²) >= 11 is 0. The predicted molar refractivity (Wildman–Crippen MR) is 87.3 cm³/mol. The molecule has 2 atom stereocenters. The van der Waals surface area contributed by atoms with Crippen LogP contribution in [0, 0.1) is 11.3 Å². The van der Waals surface area contributed by atoms with Crippen molar-refractivity contribution in [2.24, 2.45) is 11.3 Å². The highest BCUT2D eigenvalue weighted by Crippen LogP contribution is 2.22. The van der Waals surface area contributed by atoms with Gasteiger partial charge in [-0.2, -0.15) is 0 Å². The summed E-state index contributed by atoms with van der Waals surface area (Å²) < 4.78 is 4.75. The Balaban J connectivity index is 2.49. The Hall–Kier alpha value is -0.610. The van der Waals surface area contributed by atoms with Crippen LogP contribution in [0.2, 0.25) is 0 Å². The summed E-state index contributed by atoms with van der Waals surface area (Å²) in [4.78, 5) is 13.8.